The zero-order valence-electron chi connectivity index (χ0n) is 16.0. The maximum atomic E-state index is 12.1. The summed E-state index contributed by atoms with van der Waals surface area (Å²) in [5.74, 6) is -0.00962. The number of nitro groups is 2. The summed E-state index contributed by atoms with van der Waals surface area (Å²) >= 11 is 0. The highest BCUT2D eigenvalue weighted by atomic mass is 16.6. The number of amides is 1. The molecule has 0 aliphatic carbocycles. The molecule has 0 saturated heterocycles. The van der Waals surface area contributed by atoms with E-state index in [1.54, 1.807) is 36.4 Å². The van der Waals surface area contributed by atoms with Gasteiger partial charge in [0, 0.05) is 35.4 Å². The fourth-order valence-electron chi connectivity index (χ4n) is 2.55. The molecule has 0 saturated carbocycles. The van der Waals surface area contributed by atoms with Crippen molar-refractivity contribution in [3.05, 3.63) is 110 Å². The lowest BCUT2D eigenvalue weighted by molar-refractivity contribution is -0.385. The molecule has 0 aromatic heterocycles. The zero-order chi connectivity index (χ0) is 22.2. The number of hydrogen-bond acceptors (Lipinski definition) is 7. The topological polar surface area (TPSA) is 137 Å². The SMILES string of the molecule is O=C(N/N=C/c1ccccc1OCc1ccc([N+](=O)[O-])cc1)c1ccc([N+](=O)[O-])cc1. The van der Waals surface area contributed by atoms with Crippen molar-refractivity contribution in [2.75, 3.05) is 0 Å². The molecule has 10 heteroatoms. The second-order valence-electron chi connectivity index (χ2n) is 6.25. The fraction of sp³-hybridized carbons (Fsp3) is 0.0476. The highest BCUT2D eigenvalue weighted by Gasteiger charge is 2.09. The highest BCUT2D eigenvalue weighted by Crippen LogP contribution is 2.19. The molecule has 3 aromatic rings. The van der Waals surface area contributed by atoms with Crippen LogP contribution in [0.2, 0.25) is 0 Å². The molecule has 0 aliphatic rings. The van der Waals surface area contributed by atoms with Gasteiger partial charge in [0.2, 0.25) is 0 Å². The van der Waals surface area contributed by atoms with Crippen LogP contribution in [0.15, 0.2) is 77.9 Å². The van der Waals surface area contributed by atoms with Crippen LogP contribution in [0.5, 0.6) is 5.75 Å². The minimum Gasteiger partial charge on any atom is -0.488 e. The van der Waals surface area contributed by atoms with Crippen LogP contribution < -0.4 is 10.2 Å². The number of nitrogens with one attached hydrogen (secondary N) is 1. The number of nitro benzene ring substituents is 2. The Hall–Kier alpha value is -4.60. The summed E-state index contributed by atoms with van der Waals surface area (Å²) in [6.07, 6.45) is 1.41. The predicted molar refractivity (Wildman–Crippen MR) is 112 cm³/mol. The summed E-state index contributed by atoms with van der Waals surface area (Å²) in [5.41, 5.74) is 3.83. The van der Waals surface area contributed by atoms with Crippen molar-refractivity contribution in [2.45, 2.75) is 6.61 Å². The molecule has 0 bridgehead atoms. The van der Waals surface area contributed by atoms with E-state index in [0.29, 0.717) is 11.3 Å². The third-order valence-corrected chi connectivity index (χ3v) is 4.17. The molecule has 10 nitrogen and oxygen atoms in total. The van der Waals surface area contributed by atoms with Crippen molar-refractivity contribution in [2.24, 2.45) is 5.10 Å². The summed E-state index contributed by atoms with van der Waals surface area (Å²) in [5, 5.41) is 25.3. The lowest BCUT2D eigenvalue weighted by atomic mass is 10.2. The molecule has 3 rings (SSSR count). The van der Waals surface area contributed by atoms with E-state index >= 15 is 0 Å². The molecule has 156 valence electrons. The molecular weight excluding hydrogens is 404 g/mol. The minimum absolute atomic E-state index is 0.0000427. The van der Waals surface area contributed by atoms with Crippen LogP contribution in [0.4, 0.5) is 11.4 Å². The summed E-state index contributed by atoms with van der Waals surface area (Å²) in [7, 11) is 0. The van der Waals surface area contributed by atoms with Gasteiger partial charge in [-0.15, -0.1) is 0 Å². The van der Waals surface area contributed by atoms with E-state index in [-0.39, 0.29) is 23.5 Å². The largest absolute Gasteiger partial charge is 0.488 e. The van der Waals surface area contributed by atoms with Gasteiger partial charge in [0.1, 0.15) is 12.4 Å². The van der Waals surface area contributed by atoms with Crippen LogP contribution in [-0.4, -0.2) is 22.0 Å². The highest BCUT2D eigenvalue weighted by molar-refractivity contribution is 5.95. The van der Waals surface area contributed by atoms with E-state index in [1.165, 1.54) is 42.6 Å². The number of para-hydroxylation sites is 1. The number of hydrogen-bond donors (Lipinski definition) is 1. The smallest absolute Gasteiger partial charge is 0.271 e. The Morgan fingerprint density at radius 3 is 2.10 bits per heavy atom. The molecule has 0 spiro atoms. The van der Waals surface area contributed by atoms with E-state index in [9.17, 15) is 25.0 Å². The standard InChI is InChI=1S/C21H16N4O6/c26-21(16-7-11-19(12-8-16)25(29)30)23-22-13-17-3-1-2-4-20(17)31-14-15-5-9-18(10-6-15)24(27)28/h1-13H,14H2,(H,23,26)/b22-13+. The molecule has 31 heavy (non-hydrogen) atoms. The summed E-state index contributed by atoms with van der Waals surface area (Å²) in [4.78, 5) is 32.5. The molecular formula is C21H16N4O6. The molecule has 0 aliphatic heterocycles. The quantitative estimate of drug-likeness (QED) is 0.334. The maximum absolute atomic E-state index is 12.1. The zero-order valence-corrected chi connectivity index (χ0v) is 16.0. The van der Waals surface area contributed by atoms with Crippen molar-refractivity contribution >= 4 is 23.5 Å². The first-order chi connectivity index (χ1) is 14.9. The third-order valence-electron chi connectivity index (χ3n) is 4.17. The summed E-state index contributed by atoms with van der Waals surface area (Å²) in [6.45, 7) is 0.192. The number of rotatable bonds is 8. The second-order valence-corrected chi connectivity index (χ2v) is 6.25. The van der Waals surface area contributed by atoms with E-state index in [2.05, 4.69) is 10.5 Å². The average molecular weight is 420 g/mol. The lowest BCUT2D eigenvalue weighted by Crippen LogP contribution is -2.17. The van der Waals surface area contributed by atoms with Crippen molar-refractivity contribution in [3.63, 3.8) is 0 Å². The first-order valence-corrected chi connectivity index (χ1v) is 8.97. The number of non-ortho nitro benzene ring substituents is 2. The average Bonchev–Trinajstić information content (AvgIpc) is 2.78. The minimum atomic E-state index is -0.548. The Balaban J connectivity index is 1.61. The van der Waals surface area contributed by atoms with E-state index in [4.69, 9.17) is 4.74 Å². The normalized spacial score (nSPS) is 10.6. The van der Waals surface area contributed by atoms with Gasteiger partial charge >= 0.3 is 0 Å². The number of benzene rings is 3. The molecule has 0 fully saturated rings. The van der Waals surface area contributed by atoms with E-state index in [0.717, 1.165) is 5.56 Å². The molecule has 0 radical (unpaired) electrons. The Labute approximate surface area is 176 Å². The predicted octanol–water partition coefficient (Wildman–Crippen LogP) is 3.85. The molecule has 3 aromatic carbocycles. The second kappa shape index (κ2) is 9.74. The number of ether oxygens (including phenoxy) is 1. The van der Waals surface area contributed by atoms with Crippen molar-refractivity contribution in [1.82, 2.24) is 5.43 Å². The molecule has 0 heterocycles. The van der Waals surface area contributed by atoms with Gasteiger partial charge < -0.3 is 4.74 Å². The van der Waals surface area contributed by atoms with Gasteiger partial charge in [0.05, 0.1) is 16.1 Å². The van der Waals surface area contributed by atoms with Gasteiger partial charge in [-0.3, -0.25) is 25.0 Å². The van der Waals surface area contributed by atoms with Crippen molar-refractivity contribution in [3.8, 4) is 5.75 Å². The van der Waals surface area contributed by atoms with Crippen LogP contribution in [0.1, 0.15) is 21.5 Å². The lowest BCUT2D eigenvalue weighted by Gasteiger charge is -2.09. The van der Waals surface area contributed by atoms with Crippen molar-refractivity contribution in [1.29, 1.82) is 0 Å². The van der Waals surface area contributed by atoms with Gasteiger partial charge in [-0.05, 0) is 42.0 Å². The van der Waals surface area contributed by atoms with Gasteiger partial charge in [0.15, 0.2) is 0 Å². The molecule has 0 unspecified atom stereocenters. The monoisotopic (exact) mass is 420 g/mol. The molecule has 1 amide bonds. The third kappa shape index (κ3) is 5.70. The van der Waals surface area contributed by atoms with Gasteiger partial charge in [-0.25, -0.2) is 5.43 Å². The molecule has 1 N–H and O–H groups in total. The number of hydrazone groups is 1. The Bertz CT molecular complexity index is 1130. The van der Waals surface area contributed by atoms with Crippen molar-refractivity contribution < 1.29 is 19.4 Å². The van der Waals surface area contributed by atoms with Crippen LogP contribution in [0.25, 0.3) is 0 Å². The number of nitrogens with zero attached hydrogens (tertiary/aromatic N) is 3. The Morgan fingerprint density at radius 1 is 0.903 bits per heavy atom. The Kier molecular flexibility index (Phi) is 6.64. The summed E-state index contributed by atoms with van der Waals surface area (Å²) < 4.78 is 5.76. The van der Waals surface area contributed by atoms with Gasteiger partial charge in [0.25, 0.3) is 17.3 Å². The van der Waals surface area contributed by atoms with Crippen LogP contribution in [0.3, 0.4) is 0 Å². The maximum Gasteiger partial charge on any atom is 0.271 e. The fourth-order valence-corrected chi connectivity index (χ4v) is 2.55. The molecule has 0 atom stereocenters. The first-order valence-electron chi connectivity index (χ1n) is 8.97. The van der Waals surface area contributed by atoms with Crippen LogP contribution >= 0.6 is 0 Å². The van der Waals surface area contributed by atoms with E-state index in [1.807, 2.05) is 0 Å². The Morgan fingerprint density at radius 2 is 1.48 bits per heavy atom. The van der Waals surface area contributed by atoms with Crippen LogP contribution in [0, 0.1) is 20.2 Å². The number of carbonyl (C=O) groups excluding carboxylic acids is 1. The van der Waals surface area contributed by atoms with Gasteiger partial charge in [-0.2, -0.15) is 5.10 Å². The first kappa shape index (κ1) is 21.1. The van der Waals surface area contributed by atoms with E-state index < -0.39 is 15.8 Å². The number of carbonyl (C=O) groups is 1. The van der Waals surface area contributed by atoms with Crippen LogP contribution in [-0.2, 0) is 6.61 Å². The van der Waals surface area contributed by atoms with Gasteiger partial charge in [-0.1, -0.05) is 12.1 Å². The summed E-state index contributed by atoms with van der Waals surface area (Å²) in [6, 6.07) is 18.2.